The standard InChI is InChI=1S/C20H20N4O3S/c1-21-20(25)27-13-4-2-12(3-5-13)18-22-16-8-9-28-17(16)19(23-18)24-10-14-6-7-15(11-24)26-14/h2-5,8-9,14-15H,6-7,10-11H2,1H3,(H,21,25). The van der Waals surface area contributed by atoms with E-state index in [2.05, 4.69) is 15.6 Å². The Balaban J connectivity index is 1.49. The van der Waals surface area contributed by atoms with Gasteiger partial charge in [-0.2, -0.15) is 0 Å². The lowest BCUT2D eigenvalue weighted by atomic mass is 10.2. The van der Waals surface area contributed by atoms with Gasteiger partial charge in [0.15, 0.2) is 11.6 Å². The van der Waals surface area contributed by atoms with Crippen molar-refractivity contribution in [1.82, 2.24) is 15.3 Å². The molecule has 0 saturated carbocycles. The molecule has 7 nitrogen and oxygen atoms in total. The number of hydrogen-bond acceptors (Lipinski definition) is 7. The number of carbonyl (C=O) groups excluding carboxylic acids is 1. The summed E-state index contributed by atoms with van der Waals surface area (Å²) in [6.07, 6.45) is 2.36. The number of nitrogens with one attached hydrogen (secondary N) is 1. The Morgan fingerprint density at radius 2 is 1.93 bits per heavy atom. The van der Waals surface area contributed by atoms with Gasteiger partial charge in [0.05, 0.1) is 22.4 Å². The monoisotopic (exact) mass is 396 g/mol. The number of aromatic nitrogens is 2. The molecule has 3 aromatic rings. The predicted molar refractivity (Wildman–Crippen MR) is 108 cm³/mol. The van der Waals surface area contributed by atoms with Gasteiger partial charge in [-0.05, 0) is 48.6 Å². The van der Waals surface area contributed by atoms with E-state index in [-0.39, 0.29) is 0 Å². The Hall–Kier alpha value is -2.71. The number of rotatable bonds is 3. The highest BCUT2D eigenvalue weighted by Gasteiger charge is 2.35. The lowest BCUT2D eigenvalue weighted by molar-refractivity contribution is 0.0303. The Morgan fingerprint density at radius 3 is 2.64 bits per heavy atom. The summed E-state index contributed by atoms with van der Waals surface area (Å²) >= 11 is 1.67. The van der Waals surface area contributed by atoms with Gasteiger partial charge in [-0.1, -0.05) is 0 Å². The molecule has 2 atom stereocenters. The Kier molecular flexibility index (Phi) is 4.37. The molecule has 28 heavy (non-hydrogen) atoms. The van der Waals surface area contributed by atoms with Crippen LogP contribution in [0.3, 0.4) is 0 Å². The van der Waals surface area contributed by atoms with Crippen LogP contribution in [0.25, 0.3) is 21.6 Å². The van der Waals surface area contributed by atoms with Crippen LogP contribution >= 0.6 is 11.3 Å². The predicted octanol–water partition coefficient (Wildman–Crippen LogP) is 3.44. The van der Waals surface area contributed by atoms with Crippen molar-refractivity contribution in [1.29, 1.82) is 0 Å². The second-order valence-electron chi connectivity index (χ2n) is 7.03. The van der Waals surface area contributed by atoms with E-state index < -0.39 is 6.09 Å². The zero-order chi connectivity index (χ0) is 19.1. The first-order chi connectivity index (χ1) is 13.7. The molecule has 8 heteroatoms. The summed E-state index contributed by atoms with van der Waals surface area (Å²) in [5.41, 5.74) is 1.84. The van der Waals surface area contributed by atoms with E-state index in [0.717, 1.165) is 47.5 Å². The molecule has 2 fully saturated rings. The highest BCUT2D eigenvalue weighted by Crippen LogP contribution is 2.35. The maximum atomic E-state index is 11.4. The van der Waals surface area contributed by atoms with Crippen molar-refractivity contribution in [2.24, 2.45) is 0 Å². The summed E-state index contributed by atoms with van der Waals surface area (Å²) in [6, 6.07) is 9.28. The van der Waals surface area contributed by atoms with Gasteiger partial charge in [0.25, 0.3) is 0 Å². The van der Waals surface area contributed by atoms with E-state index in [1.165, 1.54) is 7.05 Å². The molecule has 2 unspecified atom stereocenters. The second kappa shape index (κ2) is 7.03. The van der Waals surface area contributed by atoms with Gasteiger partial charge in [0.1, 0.15) is 5.75 Å². The molecule has 1 aromatic carbocycles. The third-order valence-corrected chi connectivity index (χ3v) is 6.06. The van der Waals surface area contributed by atoms with Gasteiger partial charge < -0.3 is 19.7 Å². The van der Waals surface area contributed by atoms with Crippen LogP contribution in [0, 0.1) is 0 Å². The first kappa shape index (κ1) is 17.4. The van der Waals surface area contributed by atoms with E-state index in [9.17, 15) is 4.79 Å². The number of amides is 1. The number of anilines is 1. The quantitative estimate of drug-likeness (QED) is 0.731. The van der Waals surface area contributed by atoms with Crippen molar-refractivity contribution in [3.63, 3.8) is 0 Å². The largest absolute Gasteiger partial charge is 0.412 e. The van der Waals surface area contributed by atoms with Gasteiger partial charge in [0.2, 0.25) is 0 Å². The van der Waals surface area contributed by atoms with Crippen molar-refractivity contribution in [2.75, 3.05) is 25.0 Å². The highest BCUT2D eigenvalue weighted by atomic mass is 32.1. The average molecular weight is 396 g/mol. The minimum atomic E-state index is -0.493. The molecule has 0 spiro atoms. The minimum absolute atomic E-state index is 0.299. The minimum Gasteiger partial charge on any atom is -0.410 e. The van der Waals surface area contributed by atoms with Gasteiger partial charge in [-0.15, -0.1) is 11.3 Å². The van der Waals surface area contributed by atoms with Crippen molar-refractivity contribution >= 4 is 33.5 Å². The molecule has 1 amide bonds. The number of carbonyl (C=O) groups is 1. The van der Waals surface area contributed by atoms with E-state index in [4.69, 9.17) is 19.4 Å². The number of nitrogens with zero attached hydrogens (tertiary/aromatic N) is 3. The summed E-state index contributed by atoms with van der Waals surface area (Å²) in [7, 11) is 1.53. The lowest BCUT2D eigenvalue weighted by Gasteiger charge is -2.33. The zero-order valence-electron chi connectivity index (χ0n) is 15.4. The summed E-state index contributed by atoms with van der Waals surface area (Å²) in [4.78, 5) is 23.4. The fourth-order valence-corrected chi connectivity index (χ4v) is 4.66. The fraction of sp³-hybridized carbons (Fsp3) is 0.350. The Bertz CT molecular complexity index is 1010. The van der Waals surface area contributed by atoms with Crippen LogP contribution in [-0.4, -0.2) is 48.4 Å². The summed E-state index contributed by atoms with van der Waals surface area (Å²) < 4.78 is 12.2. The molecular formula is C20H20N4O3S. The van der Waals surface area contributed by atoms with E-state index in [1.807, 2.05) is 18.2 Å². The van der Waals surface area contributed by atoms with Gasteiger partial charge in [-0.3, -0.25) is 0 Å². The van der Waals surface area contributed by atoms with Crippen LogP contribution in [0.15, 0.2) is 35.7 Å². The van der Waals surface area contributed by atoms with Gasteiger partial charge >= 0.3 is 6.09 Å². The zero-order valence-corrected chi connectivity index (χ0v) is 16.2. The van der Waals surface area contributed by atoms with Crippen LogP contribution < -0.4 is 15.0 Å². The maximum Gasteiger partial charge on any atom is 0.412 e. The van der Waals surface area contributed by atoms with Gasteiger partial charge in [-0.25, -0.2) is 14.8 Å². The van der Waals surface area contributed by atoms with Crippen molar-refractivity contribution in [3.05, 3.63) is 35.7 Å². The summed E-state index contributed by atoms with van der Waals surface area (Å²) in [5, 5.41) is 4.49. The van der Waals surface area contributed by atoms with Crippen LogP contribution in [0.2, 0.25) is 0 Å². The molecular weight excluding hydrogens is 376 g/mol. The topological polar surface area (TPSA) is 76.6 Å². The molecule has 2 saturated heterocycles. The van der Waals surface area contributed by atoms with Crippen LogP contribution in [0.5, 0.6) is 5.75 Å². The molecule has 5 rings (SSSR count). The second-order valence-corrected chi connectivity index (χ2v) is 7.95. The Labute approximate surface area is 166 Å². The molecule has 2 aliphatic heterocycles. The number of ether oxygens (including phenoxy) is 2. The van der Waals surface area contributed by atoms with E-state index in [1.54, 1.807) is 23.5 Å². The third kappa shape index (κ3) is 3.18. The number of benzene rings is 1. The molecule has 0 aliphatic carbocycles. The number of hydrogen-bond donors (Lipinski definition) is 1. The molecule has 2 bridgehead atoms. The van der Waals surface area contributed by atoms with Crippen LogP contribution in [0.1, 0.15) is 12.8 Å². The first-order valence-corrected chi connectivity index (χ1v) is 10.2. The molecule has 2 aliphatic rings. The average Bonchev–Trinajstić information content (AvgIpc) is 3.33. The Morgan fingerprint density at radius 1 is 1.18 bits per heavy atom. The molecule has 4 heterocycles. The van der Waals surface area contributed by atoms with Crippen LogP contribution in [-0.2, 0) is 4.74 Å². The first-order valence-electron chi connectivity index (χ1n) is 9.35. The fourth-order valence-electron chi connectivity index (χ4n) is 3.81. The molecule has 0 radical (unpaired) electrons. The number of morpholine rings is 1. The number of thiophene rings is 1. The molecule has 1 N–H and O–H groups in total. The normalized spacial score (nSPS) is 21.1. The smallest absolute Gasteiger partial charge is 0.410 e. The summed E-state index contributed by atoms with van der Waals surface area (Å²) in [6.45, 7) is 1.75. The van der Waals surface area contributed by atoms with Crippen molar-refractivity contribution < 1.29 is 14.3 Å². The van der Waals surface area contributed by atoms with Crippen LogP contribution in [0.4, 0.5) is 10.6 Å². The lowest BCUT2D eigenvalue weighted by Crippen LogP contribution is -2.43. The van der Waals surface area contributed by atoms with Gasteiger partial charge in [0, 0.05) is 25.7 Å². The number of fused-ring (bicyclic) bond motifs is 3. The van der Waals surface area contributed by atoms with E-state index >= 15 is 0 Å². The van der Waals surface area contributed by atoms with Crippen molar-refractivity contribution in [2.45, 2.75) is 25.0 Å². The molecule has 2 aromatic heterocycles. The highest BCUT2D eigenvalue weighted by molar-refractivity contribution is 7.17. The maximum absolute atomic E-state index is 11.4. The third-order valence-electron chi connectivity index (χ3n) is 5.16. The molecule has 144 valence electrons. The van der Waals surface area contributed by atoms with E-state index in [0.29, 0.717) is 23.8 Å². The van der Waals surface area contributed by atoms with Crippen molar-refractivity contribution in [3.8, 4) is 17.1 Å². The summed E-state index contributed by atoms with van der Waals surface area (Å²) in [5.74, 6) is 2.14. The SMILES string of the molecule is CNC(=O)Oc1ccc(-c2nc(N3CC4CCC(C3)O4)c3sccc3n2)cc1.